The highest BCUT2D eigenvalue weighted by atomic mass is 35.5. The van der Waals surface area contributed by atoms with E-state index in [0.29, 0.717) is 34.5 Å². The summed E-state index contributed by atoms with van der Waals surface area (Å²) in [6, 6.07) is 20.0. The van der Waals surface area contributed by atoms with E-state index in [1.165, 1.54) is 24.3 Å². The summed E-state index contributed by atoms with van der Waals surface area (Å²) in [4.78, 5) is 12.6. The predicted octanol–water partition coefficient (Wildman–Crippen LogP) is 5.23. The lowest BCUT2D eigenvalue weighted by molar-refractivity contribution is -0.118. The van der Waals surface area contributed by atoms with Crippen LogP contribution >= 0.6 is 11.6 Å². The van der Waals surface area contributed by atoms with E-state index in [2.05, 4.69) is 10.0 Å². The SMILES string of the molecule is CCCCNS(=O)(=O)c1ccc(OCC(=O)Nc2cc(Cl)ccc2Oc2ccccc2)cc1. The molecule has 9 heteroatoms. The maximum atomic E-state index is 12.4. The van der Waals surface area contributed by atoms with Crippen molar-refractivity contribution in [1.29, 1.82) is 0 Å². The molecule has 0 unspecified atom stereocenters. The van der Waals surface area contributed by atoms with Gasteiger partial charge in [0, 0.05) is 11.6 Å². The number of carbonyl (C=O) groups is 1. The van der Waals surface area contributed by atoms with Crippen molar-refractivity contribution < 1.29 is 22.7 Å². The van der Waals surface area contributed by atoms with Crippen molar-refractivity contribution in [3.63, 3.8) is 0 Å². The van der Waals surface area contributed by atoms with Gasteiger partial charge in [-0.3, -0.25) is 4.79 Å². The van der Waals surface area contributed by atoms with Crippen LogP contribution in [0.3, 0.4) is 0 Å². The predicted molar refractivity (Wildman–Crippen MR) is 129 cm³/mol. The summed E-state index contributed by atoms with van der Waals surface area (Å²) in [6.45, 7) is 2.09. The van der Waals surface area contributed by atoms with E-state index in [1.54, 1.807) is 30.3 Å². The number of amides is 1. The Morgan fingerprint density at radius 1 is 0.970 bits per heavy atom. The smallest absolute Gasteiger partial charge is 0.262 e. The molecule has 0 bridgehead atoms. The zero-order chi connectivity index (χ0) is 23.7. The van der Waals surface area contributed by atoms with Crippen molar-refractivity contribution >= 4 is 33.2 Å². The van der Waals surface area contributed by atoms with Gasteiger partial charge < -0.3 is 14.8 Å². The highest BCUT2D eigenvalue weighted by molar-refractivity contribution is 7.89. The molecule has 0 atom stereocenters. The molecular weight excluding hydrogens is 464 g/mol. The molecule has 0 fully saturated rings. The average Bonchev–Trinajstić information content (AvgIpc) is 2.80. The first-order valence-electron chi connectivity index (χ1n) is 10.4. The summed E-state index contributed by atoms with van der Waals surface area (Å²) < 4.78 is 38.3. The molecule has 0 aliphatic rings. The van der Waals surface area contributed by atoms with Crippen molar-refractivity contribution in [3.05, 3.63) is 77.8 Å². The number of hydrogen-bond acceptors (Lipinski definition) is 5. The summed E-state index contributed by atoms with van der Waals surface area (Å²) in [5.74, 6) is 0.993. The fourth-order valence-corrected chi connectivity index (χ4v) is 4.07. The van der Waals surface area contributed by atoms with Crippen LogP contribution in [-0.2, 0) is 14.8 Å². The Labute approximate surface area is 198 Å². The third kappa shape index (κ3) is 7.49. The molecule has 174 valence electrons. The summed E-state index contributed by atoms with van der Waals surface area (Å²) in [5, 5.41) is 3.17. The lowest BCUT2D eigenvalue weighted by atomic mass is 10.2. The molecule has 3 aromatic carbocycles. The zero-order valence-corrected chi connectivity index (χ0v) is 19.7. The fourth-order valence-electron chi connectivity index (χ4n) is 2.82. The second-order valence-electron chi connectivity index (χ2n) is 7.12. The van der Waals surface area contributed by atoms with Crippen LogP contribution < -0.4 is 19.5 Å². The van der Waals surface area contributed by atoms with Gasteiger partial charge in [0.15, 0.2) is 12.4 Å². The number of nitrogens with one attached hydrogen (secondary N) is 2. The van der Waals surface area contributed by atoms with Gasteiger partial charge in [0.05, 0.1) is 10.6 Å². The number of carbonyl (C=O) groups excluding carboxylic acids is 1. The van der Waals surface area contributed by atoms with Gasteiger partial charge in [0.2, 0.25) is 10.0 Å². The number of sulfonamides is 1. The molecule has 0 aromatic heterocycles. The molecule has 1 amide bonds. The van der Waals surface area contributed by atoms with Crippen molar-refractivity contribution in [3.8, 4) is 17.2 Å². The molecule has 0 spiro atoms. The van der Waals surface area contributed by atoms with Crippen molar-refractivity contribution in [1.82, 2.24) is 4.72 Å². The number of unbranched alkanes of at least 4 members (excludes halogenated alkanes) is 1. The van der Waals surface area contributed by atoms with Crippen molar-refractivity contribution in [2.24, 2.45) is 0 Å². The molecule has 0 saturated carbocycles. The number of para-hydroxylation sites is 1. The van der Waals surface area contributed by atoms with Gasteiger partial charge >= 0.3 is 0 Å². The van der Waals surface area contributed by atoms with Gasteiger partial charge in [0.25, 0.3) is 5.91 Å². The van der Waals surface area contributed by atoms with Crippen LogP contribution in [0.5, 0.6) is 17.2 Å². The summed E-state index contributed by atoms with van der Waals surface area (Å²) in [7, 11) is -3.57. The van der Waals surface area contributed by atoms with E-state index in [4.69, 9.17) is 21.1 Å². The van der Waals surface area contributed by atoms with Gasteiger partial charge in [-0.15, -0.1) is 0 Å². The van der Waals surface area contributed by atoms with Gasteiger partial charge in [-0.1, -0.05) is 43.1 Å². The van der Waals surface area contributed by atoms with Gasteiger partial charge in [-0.2, -0.15) is 0 Å². The summed E-state index contributed by atoms with van der Waals surface area (Å²) >= 11 is 6.08. The number of hydrogen-bond donors (Lipinski definition) is 2. The highest BCUT2D eigenvalue weighted by Gasteiger charge is 2.14. The Morgan fingerprint density at radius 3 is 2.39 bits per heavy atom. The Hall–Kier alpha value is -3.07. The topological polar surface area (TPSA) is 93.7 Å². The third-order valence-electron chi connectivity index (χ3n) is 4.51. The van der Waals surface area contributed by atoms with Crippen LogP contribution in [0.2, 0.25) is 5.02 Å². The van der Waals surface area contributed by atoms with Crippen LogP contribution in [0.25, 0.3) is 0 Å². The molecule has 7 nitrogen and oxygen atoms in total. The Balaban J connectivity index is 1.59. The third-order valence-corrected chi connectivity index (χ3v) is 6.23. The average molecular weight is 489 g/mol. The van der Waals surface area contributed by atoms with Crippen LogP contribution in [0.4, 0.5) is 5.69 Å². The molecule has 3 aromatic rings. The first kappa shape index (κ1) is 24.6. The highest BCUT2D eigenvalue weighted by Crippen LogP contribution is 2.32. The fraction of sp³-hybridized carbons (Fsp3) is 0.208. The van der Waals surface area contributed by atoms with E-state index in [-0.39, 0.29) is 11.5 Å². The molecule has 0 aliphatic carbocycles. The number of ether oxygens (including phenoxy) is 2. The molecule has 2 N–H and O–H groups in total. The summed E-state index contributed by atoms with van der Waals surface area (Å²) in [5.41, 5.74) is 0.402. The molecular formula is C24H25ClN2O5S. The Bertz CT molecular complexity index is 1170. The lowest BCUT2D eigenvalue weighted by Gasteiger charge is -2.13. The second kappa shape index (κ2) is 11.7. The van der Waals surface area contributed by atoms with Crippen LogP contribution in [0.1, 0.15) is 19.8 Å². The molecule has 3 rings (SSSR count). The van der Waals surface area contributed by atoms with E-state index in [9.17, 15) is 13.2 Å². The zero-order valence-electron chi connectivity index (χ0n) is 18.1. The first-order valence-corrected chi connectivity index (χ1v) is 12.3. The number of halogens is 1. The lowest BCUT2D eigenvalue weighted by Crippen LogP contribution is -2.24. The minimum atomic E-state index is -3.57. The number of benzene rings is 3. The monoisotopic (exact) mass is 488 g/mol. The van der Waals surface area contributed by atoms with E-state index >= 15 is 0 Å². The van der Waals surface area contributed by atoms with Crippen LogP contribution in [0.15, 0.2) is 77.7 Å². The first-order chi connectivity index (χ1) is 15.9. The maximum absolute atomic E-state index is 12.4. The number of anilines is 1. The van der Waals surface area contributed by atoms with Crippen LogP contribution in [-0.4, -0.2) is 27.5 Å². The molecule has 0 aliphatic heterocycles. The van der Waals surface area contributed by atoms with Gasteiger partial charge in [-0.05, 0) is 61.0 Å². The van der Waals surface area contributed by atoms with Crippen molar-refractivity contribution in [2.75, 3.05) is 18.5 Å². The second-order valence-corrected chi connectivity index (χ2v) is 9.32. The largest absolute Gasteiger partial charge is 0.484 e. The Kier molecular flexibility index (Phi) is 8.71. The van der Waals surface area contributed by atoms with Gasteiger partial charge in [0.1, 0.15) is 11.5 Å². The molecule has 0 radical (unpaired) electrons. The van der Waals surface area contributed by atoms with E-state index < -0.39 is 15.9 Å². The minimum Gasteiger partial charge on any atom is -0.484 e. The standard InChI is InChI=1S/C24H25ClN2O5S/c1-2-3-15-26-33(29,30)21-12-10-19(11-13-21)31-17-24(28)27-22-16-18(25)9-14-23(22)32-20-7-5-4-6-8-20/h4-14,16,26H,2-3,15,17H2,1H3,(H,27,28). The van der Waals surface area contributed by atoms with E-state index in [0.717, 1.165) is 12.8 Å². The number of rotatable bonds is 11. The Morgan fingerprint density at radius 2 is 1.70 bits per heavy atom. The minimum absolute atomic E-state index is 0.136. The normalized spacial score (nSPS) is 11.1. The maximum Gasteiger partial charge on any atom is 0.262 e. The van der Waals surface area contributed by atoms with Crippen molar-refractivity contribution in [2.45, 2.75) is 24.7 Å². The van der Waals surface area contributed by atoms with Gasteiger partial charge in [-0.25, -0.2) is 13.1 Å². The van der Waals surface area contributed by atoms with Crippen LogP contribution in [0, 0.1) is 0 Å². The van der Waals surface area contributed by atoms with E-state index in [1.807, 2.05) is 25.1 Å². The molecule has 0 saturated heterocycles. The summed E-state index contributed by atoms with van der Waals surface area (Å²) in [6.07, 6.45) is 1.66. The quantitative estimate of drug-likeness (QED) is 0.360. The molecule has 0 heterocycles. The molecule has 33 heavy (non-hydrogen) atoms.